The third kappa shape index (κ3) is 3.57. The Hall–Kier alpha value is -1.10. The molecule has 4 rings (SSSR count). The zero-order valence-electron chi connectivity index (χ0n) is 14.3. The maximum Gasteiger partial charge on any atom is 0.106 e. The lowest BCUT2D eigenvalue weighted by Crippen LogP contribution is -2.48. The fourth-order valence-corrected chi connectivity index (χ4v) is 5.03. The minimum Gasteiger partial charge on any atom is -0.383 e. The molecular weight excluding hydrogens is 398 g/mol. The lowest BCUT2D eigenvalue weighted by Gasteiger charge is -2.43. The summed E-state index contributed by atoms with van der Waals surface area (Å²) < 4.78 is 0.869. The second-order valence-corrected chi connectivity index (χ2v) is 8.52. The fraction of sp³-hybridized carbons (Fsp3) is 0.450. The van der Waals surface area contributed by atoms with Gasteiger partial charge >= 0.3 is 0 Å². The lowest BCUT2D eigenvalue weighted by molar-refractivity contribution is 0.106. The van der Waals surface area contributed by atoms with Crippen LogP contribution in [0.15, 0.2) is 47.2 Å². The number of benzene rings is 1. The van der Waals surface area contributed by atoms with E-state index in [-0.39, 0.29) is 0 Å². The van der Waals surface area contributed by atoms with Gasteiger partial charge in [0.05, 0.1) is 11.9 Å². The van der Waals surface area contributed by atoms with Crippen molar-refractivity contribution in [1.82, 2.24) is 9.88 Å². The van der Waals surface area contributed by atoms with Gasteiger partial charge < -0.3 is 10.2 Å². The first-order valence-electron chi connectivity index (χ1n) is 8.94. The first-order chi connectivity index (χ1) is 12.1. The molecule has 2 aliphatic rings. The molecule has 25 heavy (non-hydrogen) atoms. The molecule has 0 radical (unpaired) electrons. The van der Waals surface area contributed by atoms with E-state index in [1.807, 2.05) is 24.4 Å². The van der Waals surface area contributed by atoms with Crippen LogP contribution in [0.25, 0.3) is 0 Å². The maximum atomic E-state index is 6.10. The van der Waals surface area contributed by atoms with Gasteiger partial charge in [-0.2, -0.15) is 0 Å². The third-order valence-corrected chi connectivity index (χ3v) is 6.72. The smallest absolute Gasteiger partial charge is 0.106 e. The van der Waals surface area contributed by atoms with Gasteiger partial charge in [-0.05, 0) is 83.9 Å². The highest BCUT2D eigenvalue weighted by Crippen LogP contribution is 2.46. The number of nitrogens with zero attached hydrogens (tertiary/aromatic N) is 2. The van der Waals surface area contributed by atoms with Crippen LogP contribution >= 0.6 is 27.5 Å². The van der Waals surface area contributed by atoms with Crippen molar-refractivity contribution >= 4 is 33.2 Å². The zero-order valence-corrected chi connectivity index (χ0v) is 16.7. The standard InChI is InChI=1S/C20H23BrClN3/c1-25-16-7-8-19(25)18(12-23-15-6-9-20(21)24-11-15)17(10-16)13-2-4-14(22)5-3-13/h2-6,9,11,16-19,23H,7-8,10,12H2,1H3/t16?,17-,18+,19?/m1/s1. The number of nitrogens with one attached hydrogen (secondary N) is 1. The van der Waals surface area contributed by atoms with Gasteiger partial charge in [-0.15, -0.1) is 0 Å². The number of halogens is 2. The van der Waals surface area contributed by atoms with Crippen LogP contribution in [0.3, 0.4) is 0 Å². The van der Waals surface area contributed by atoms with Gasteiger partial charge in [-0.1, -0.05) is 23.7 Å². The summed E-state index contributed by atoms with van der Waals surface area (Å²) in [4.78, 5) is 6.93. The molecule has 1 aromatic carbocycles. The van der Waals surface area contributed by atoms with Gasteiger partial charge in [-0.25, -0.2) is 4.98 Å². The molecule has 0 aliphatic carbocycles. The van der Waals surface area contributed by atoms with Crippen LogP contribution in [0.2, 0.25) is 5.02 Å². The number of pyridine rings is 1. The third-order valence-electron chi connectivity index (χ3n) is 6.00. The highest BCUT2D eigenvalue weighted by atomic mass is 79.9. The van der Waals surface area contributed by atoms with Crippen molar-refractivity contribution in [1.29, 1.82) is 0 Å². The van der Waals surface area contributed by atoms with Crippen LogP contribution in [0.1, 0.15) is 30.7 Å². The molecule has 2 saturated heterocycles. The van der Waals surface area contributed by atoms with Gasteiger partial charge in [0, 0.05) is 23.7 Å². The summed E-state index contributed by atoms with van der Waals surface area (Å²) in [5.74, 6) is 1.18. The van der Waals surface area contributed by atoms with Crippen molar-refractivity contribution in [3.05, 3.63) is 57.8 Å². The lowest BCUT2D eigenvalue weighted by atomic mass is 9.76. The van der Waals surface area contributed by atoms with Crippen LogP contribution in [0, 0.1) is 5.92 Å². The van der Waals surface area contributed by atoms with Crippen LogP contribution in [-0.4, -0.2) is 35.6 Å². The van der Waals surface area contributed by atoms with E-state index < -0.39 is 0 Å². The molecule has 0 saturated carbocycles. The van der Waals surface area contributed by atoms with E-state index in [9.17, 15) is 0 Å². The Morgan fingerprint density at radius 1 is 1.20 bits per heavy atom. The number of hydrogen-bond acceptors (Lipinski definition) is 3. The summed E-state index contributed by atoms with van der Waals surface area (Å²) in [6.45, 7) is 0.971. The van der Waals surface area contributed by atoms with Gasteiger partial charge in [0.2, 0.25) is 0 Å². The van der Waals surface area contributed by atoms with Gasteiger partial charge in [0.15, 0.2) is 0 Å². The number of piperidine rings is 1. The number of fused-ring (bicyclic) bond motifs is 2. The van der Waals surface area contributed by atoms with E-state index in [0.29, 0.717) is 17.9 Å². The Kier molecular flexibility index (Phi) is 5.03. The molecule has 3 nitrogen and oxygen atoms in total. The molecule has 2 aliphatic heterocycles. The quantitative estimate of drug-likeness (QED) is 0.691. The van der Waals surface area contributed by atoms with E-state index in [4.69, 9.17) is 11.6 Å². The van der Waals surface area contributed by atoms with E-state index in [0.717, 1.165) is 27.9 Å². The van der Waals surface area contributed by atoms with Gasteiger partial charge in [0.25, 0.3) is 0 Å². The molecule has 0 amide bonds. The maximum absolute atomic E-state index is 6.10. The minimum absolute atomic E-state index is 0.585. The molecule has 3 heterocycles. The molecule has 0 spiro atoms. The molecule has 2 aromatic rings. The summed E-state index contributed by atoms with van der Waals surface area (Å²) >= 11 is 9.50. The zero-order chi connectivity index (χ0) is 17.4. The van der Waals surface area contributed by atoms with Crippen LogP contribution in [0.5, 0.6) is 0 Å². The average Bonchev–Trinajstić information content (AvgIpc) is 2.86. The highest BCUT2D eigenvalue weighted by molar-refractivity contribution is 9.10. The molecule has 2 fully saturated rings. The molecule has 2 bridgehead atoms. The van der Waals surface area contributed by atoms with Gasteiger partial charge in [0.1, 0.15) is 4.60 Å². The summed E-state index contributed by atoms with van der Waals surface area (Å²) in [5.41, 5.74) is 2.51. The minimum atomic E-state index is 0.585. The second kappa shape index (κ2) is 7.26. The van der Waals surface area contributed by atoms with E-state index >= 15 is 0 Å². The Labute approximate surface area is 162 Å². The van der Waals surface area contributed by atoms with Crippen molar-refractivity contribution in [3.8, 4) is 0 Å². The van der Waals surface area contributed by atoms with Crippen LogP contribution in [0.4, 0.5) is 5.69 Å². The Morgan fingerprint density at radius 2 is 2.00 bits per heavy atom. The molecule has 4 atom stereocenters. The van der Waals surface area contributed by atoms with Crippen molar-refractivity contribution in [2.45, 2.75) is 37.3 Å². The average molecular weight is 421 g/mol. The van der Waals surface area contributed by atoms with Crippen molar-refractivity contribution < 1.29 is 0 Å². The molecule has 2 unspecified atom stereocenters. The normalized spacial score (nSPS) is 28.9. The number of rotatable bonds is 4. The van der Waals surface area contributed by atoms with Crippen molar-refractivity contribution in [2.24, 2.45) is 5.92 Å². The van der Waals surface area contributed by atoms with Crippen molar-refractivity contribution in [3.63, 3.8) is 0 Å². The predicted octanol–water partition coefficient (Wildman–Crippen LogP) is 5.18. The summed E-state index contributed by atoms with van der Waals surface area (Å²) in [6, 6.07) is 13.9. The monoisotopic (exact) mass is 419 g/mol. The predicted molar refractivity (Wildman–Crippen MR) is 107 cm³/mol. The summed E-state index contributed by atoms with van der Waals surface area (Å²) in [6.07, 6.45) is 5.75. The fourth-order valence-electron chi connectivity index (χ4n) is 4.67. The van der Waals surface area contributed by atoms with Gasteiger partial charge in [-0.3, -0.25) is 0 Å². The van der Waals surface area contributed by atoms with Crippen molar-refractivity contribution in [2.75, 3.05) is 18.9 Å². The van der Waals surface area contributed by atoms with E-state index in [1.54, 1.807) is 0 Å². The SMILES string of the molecule is CN1C2CCC1[C@@H](CNc1ccc(Br)nc1)[C@@H](c1ccc(Cl)cc1)C2. The Morgan fingerprint density at radius 3 is 2.72 bits per heavy atom. The molecule has 132 valence electrons. The largest absolute Gasteiger partial charge is 0.383 e. The number of anilines is 1. The van der Waals surface area contributed by atoms with Crippen LogP contribution in [-0.2, 0) is 0 Å². The highest BCUT2D eigenvalue weighted by Gasteiger charge is 2.45. The van der Waals surface area contributed by atoms with E-state index in [2.05, 4.69) is 56.4 Å². The molecule has 1 aromatic heterocycles. The Balaban J connectivity index is 1.56. The topological polar surface area (TPSA) is 28.2 Å². The number of hydrogen-bond donors (Lipinski definition) is 1. The van der Waals surface area contributed by atoms with Crippen LogP contribution < -0.4 is 5.32 Å². The first kappa shape index (κ1) is 17.3. The molecular formula is C20H23BrClN3. The summed E-state index contributed by atoms with van der Waals surface area (Å²) in [5, 5.41) is 4.44. The van der Waals surface area contributed by atoms with E-state index in [1.165, 1.54) is 24.8 Å². The second-order valence-electron chi connectivity index (χ2n) is 7.27. The first-order valence-corrected chi connectivity index (χ1v) is 10.1. The summed E-state index contributed by atoms with van der Waals surface area (Å²) in [7, 11) is 2.30. The molecule has 5 heteroatoms. The Bertz CT molecular complexity index is 719. The molecule has 1 N–H and O–H groups in total. The number of aromatic nitrogens is 1.